The first-order chi connectivity index (χ1) is 15.5. The van der Waals surface area contributed by atoms with Crippen LogP contribution in [0.15, 0.2) is 71.2 Å². The summed E-state index contributed by atoms with van der Waals surface area (Å²) < 4.78 is 67.2. The van der Waals surface area contributed by atoms with Crippen LogP contribution in [0.2, 0.25) is 0 Å². The number of esters is 1. The normalized spacial score (nSPS) is 17.2. The van der Waals surface area contributed by atoms with Crippen LogP contribution >= 0.6 is 0 Å². The molecule has 0 saturated carbocycles. The quantitative estimate of drug-likeness (QED) is 0.343. The van der Waals surface area contributed by atoms with E-state index in [9.17, 15) is 31.2 Å². The Morgan fingerprint density at radius 3 is 2.48 bits per heavy atom. The SMILES string of the molecule is O=C(CC1C=CS(=O)(=O)C1)OCC(=O)N(/N=C/c1ccccc1)c1cccc(C(F)(F)F)c1. The van der Waals surface area contributed by atoms with E-state index in [1.165, 1.54) is 18.4 Å². The monoisotopic (exact) mass is 480 g/mol. The van der Waals surface area contributed by atoms with E-state index < -0.39 is 46.0 Å². The van der Waals surface area contributed by atoms with Crippen LogP contribution in [-0.2, 0) is 30.3 Å². The summed E-state index contributed by atoms with van der Waals surface area (Å²) in [5, 5.41) is 5.73. The minimum atomic E-state index is -4.63. The van der Waals surface area contributed by atoms with Crippen molar-refractivity contribution in [2.24, 2.45) is 11.0 Å². The maximum Gasteiger partial charge on any atom is 0.416 e. The van der Waals surface area contributed by atoms with Gasteiger partial charge in [-0.25, -0.2) is 8.42 Å². The number of anilines is 1. The Morgan fingerprint density at radius 2 is 1.85 bits per heavy atom. The second kappa shape index (κ2) is 9.99. The molecule has 33 heavy (non-hydrogen) atoms. The van der Waals surface area contributed by atoms with Gasteiger partial charge in [-0.2, -0.15) is 23.3 Å². The van der Waals surface area contributed by atoms with Gasteiger partial charge in [-0.1, -0.05) is 42.5 Å². The van der Waals surface area contributed by atoms with E-state index in [0.717, 1.165) is 28.6 Å². The highest BCUT2D eigenvalue weighted by Crippen LogP contribution is 2.32. The van der Waals surface area contributed by atoms with Crippen molar-refractivity contribution < 1.29 is 35.9 Å². The lowest BCUT2D eigenvalue weighted by atomic mass is 10.1. The highest BCUT2D eigenvalue weighted by Gasteiger charge is 2.31. The number of carbonyl (C=O) groups excluding carboxylic acids is 2. The summed E-state index contributed by atoms with van der Waals surface area (Å²) in [6.07, 6.45) is -2.22. The third-order valence-corrected chi connectivity index (χ3v) is 6.03. The van der Waals surface area contributed by atoms with Crippen LogP contribution in [0, 0.1) is 5.92 Å². The largest absolute Gasteiger partial charge is 0.455 e. The van der Waals surface area contributed by atoms with Crippen LogP contribution in [0.1, 0.15) is 17.5 Å². The molecule has 3 rings (SSSR count). The lowest BCUT2D eigenvalue weighted by molar-refractivity contribution is -0.148. The van der Waals surface area contributed by atoms with Crippen LogP contribution in [0.3, 0.4) is 0 Å². The Bertz CT molecular complexity index is 1180. The average Bonchev–Trinajstić information content (AvgIpc) is 3.10. The highest BCUT2D eigenvalue weighted by molar-refractivity contribution is 7.94. The molecule has 1 unspecified atom stereocenters. The minimum absolute atomic E-state index is 0.164. The van der Waals surface area contributed by atoms with Gasteiger partial charge in [0.15, 0.2) is 16.4 Å². The van der Waals surface area contributed by atoms with Gasteiger partial charge in [-0.05, 0) is 23.8 Å². The van der Waals surface area contributed by atoms with Crippen LogP contribution in [-0.4, -0.2) is 38.9 Å². The van der Waals surface area contributed by atoms with Gasteiger partial charge in [0.2, 0.25) is 0 Å². The number of alkyl halides is 3. The number of carbonyl (C=O) groups is 2. The van der Waals surface area contributed by atoms with Gasteiger partial charge in [-0.15, -0.1) is 0 Å². The molecule has 0 saturated heterocycles. The summed E-state index contributed by atoms with van der Waals surface area (Å²) in [6, 6.07) is 12.6. The molecule has 0 N–H and O–H groups in total. The fraction of sp³-hybridized carbons (Fsp3) is 0.227. The molecule has 1 aliphatic heterocycles. The predicted molar refractivity (Wildman–Crippen MR) is 115 cm³/mol. The number of sulfone groups is 1. The van der Waals surface area contributed by atoms with E-state index >= 15 is 0 Å². The van der Waals surface area contributed by atoms with Crippen molar-refractivity contribution in [1.82, 2.24) is 0 Å². The molecule has 0 aromatic heterocycles. The van der Waals surface area contributed by atoms with Crippen molar-refractivity contribution in [3.8, 4) is 0 Å². The van der Waals surface area contributed by atoms with Crippen LogP contribution in [0.5, 0.6) is 0 Å². The van der Waals surface area contributed by atoms with E-state index in [-0.39, 0.29) is 17.9 Å². The van der Waals surface area contributed by atoms with Gasteiger partial charge < -0.3 is 4.74 Å². The first-order valence-electron chi connectivity index (χ1n) is 9.69. The number of ether oxygens (including phenoxy) is 1. The van der Waals surface area contributed by atoms with Gasteiger partial charge >= 0.3 is 12.1 Å². The molecule has 1 atom stereocenters. The van der Waals surface area contributed by atoms with Crippen LogP contribution in [0.4, 0.5) is 18.9 Å². The second-order valence-corrected chi connectivity index (χ2v) is 9.12. The maximum atomic E-state index is 13.1. The van der Waals surface area contributed by atoms with Gasteiger partial charge in [0, 0.05) is 11.3 Å². The summed E-state index contributed by atoms with van der Waals surface area (Å²) in [5.74, 6) is -2.49. The first kappa shape index (κ1) is 24.2. The molecule has 2 aromatic rings. The van der Waals surface area contributed by atoms with Gasteiger partial charge in [0.1, 0.15) is 0 Å². The summed E-state index contributed by atoms with van der Waals surface area (Å²) in [4.78, 5) is 24.7. The van der Waals surface area contributed by atoms with Gasteiger partial charge in [0.25, 0.3) is 5.91 Å². The Labute approximate surface area is 188 Å². The number of benzene rings is 2. The Kier molecular flexibility index (Phi) is 7.32. The number of hydrogen-bond donors (Lipinski definition) is 0. The third-order valence-electron chi connectivity index (χ3n) is 4.57. The Balaban J connectivity index is 1.74. The van der Waals surface area contributed by atoms with E-state index in [0.29, 0.717) is 5.56 Å². The summed E-state index contributed by atoms with van der Waals surface area (Å²) >= 11 is 0. The summed E-state index contributed by atoms with van der Waals surface area (Å²) in [7, 11) is -3.35. The fourth-order valence-corrected chi connectivity index (χ4v) is 4.39. The van der Waals surface area contributed by atoms with Crippen LogP contribution < -0.4 is 5.01 Å². The molecule has 7 nitrogen and oxygen atoms in total. The molecule has 0 radical (unpaired) electrons. The van der Waals surface area contributed by atoms with Crippen LogP contribution in [0.25, 0.3) is 0 Å². The third kappa shape index (κ3) is 7.01. The predicted octanol–water partition coefficient (Wildman–Crippen LogP) is 3.56. The van der Waals surface area contributed by atoms with Crippen molar-refractivity contribution in [2.45, 2.75) is 12.6 Å². The first-order valence-corrected chi connectivity index (χ1v) is 11.4. The van der Waals surface area contributed by atoms with Gasteiger partial charge in [0.05, 0.1) is 29.6 Å². The van der Waals surface area contributed by atoms with E-state index in [1.807, 2.05) is 0 Å². The summed E-state index contributed by atoms with van der Waals surface area (Å²) in [6.45, 7) is -0.787. The summed E-state index contributed by atoms with van der Waals surface area (Å²) in [5.41, 5.74) is -0.546. The molecule has 0 fully saturated rings. The molecule has 174 valence electrons. The smallest absolute Gasteiger partial charge is 0.416 e. The minimum Gasteiger partial charge on any atom is -0.455 e. The number of halogens is 3. The van der Waals surface area contributed by atoms with Crippen molar-refractivity contribution >= 4 is 33.6 Å². The number of nitrogens with zero attached hydrogens (tertiary/aromatic N) is 2. The molecule has 11 heteroatoms. The molecule has 1 aliphatic rings. The molecular formula is C22H19F3N2O5S. The van der Waals surface area contributed by atoms with Gasteiger partial charge in [-0.3, -0.25) is 9.59 Å². The lowest BCUT2D eigenvalue weighted by Gasteiger charge is -2.19. The number of hydrazone groups is 1. The zero-order valence-electron chi connectivity index (χ0n) is 17.1. The number of rotatable bonds is 7. The number of amides is 1. The zero-order chi connectivity index (χ0) is 24.1. The molecule has 2 aromatic carbocycles. The van der Waals surface area contributed by atoms with Crippen molar-refractivity contribution in [2.75, 3.05) is 17.4 Å². The van der Waals surface area contributed by atoms with E-state index in [4.69, 9.17) is 4.74 Å². The Hall–Kier alpha value is -3.47. The van der Waals surface area contributed by atoms with Crippen molar-refractivity contribution in [3.63, 3.8) is 0 Å². The van der Waals surface area contributed by atoms with E-state index in [1.54, 1.807) is 30.3 Å². The van der Waals surface area contributed by atoms with Crippen molar-refractivity contribution in [3.05, 3.63) is 77.2 Å². The maximum absolute atomic E-state index is 13.1. The second-order valence-electron chi connectivity index (χ2n) is 7.19. The zero-order valence-corrected chi connectivity index (χ0v) is 17.9. The molecule has 1 amide bonds. The molecule has 0 spiro atoms. The number of allylic oxidation sites excluding steroid dienone is 1. The fourth-order valence-electron chi connectivity index (χ4n) is 3.00. The lowest BCUT2D eigenvalue weighted by Crippen LogP contribution is -2.31. The molecule has 0 bridgehead atoms. The molecular weight excluding hydrogens is 461 g/mol. The highest BCUT2D eigenvalue weighted by atomic mass is 32.2. The number of hydrogen-bond acceptors (Lipinski definition) is 6. The van der Waals surface area contributed by atoms with Crippen molar-refractivity contribution in [1.29, 1.82) is 0 Å². The van der Waals surface area contributed by atoms with E-state index in [2.05, 4.69) is 5.10 Å². The molecule has 0 aliphatic carbocycles. The Morgan fingerprint density at radius 1 is 1.12 bits per heavy atom. The standard InChI is InChI=1S/C22H19F3N2O5S/c23-22(24,25)18-7-4-8-19(12-18)27(26-13-16-5-2-1-3-6-16)20(28)14-32-21(29)11-17-9-10-33(30,31)15-17/h1-10,12-13,17H,11,14-15H2/b26-13+. The average molecular weight is 480 g/mol. The topological polar surface area (TPSA) is 93.1 Å². The molecule has 1 heterocycles.